The minimum absolute atomic E-state index is 0.385. The van der Waals surface area contributed by atoms with Gasteiger partial charge in [-0.25, -0.2) is 4.98 Å². The van der Waals surface area contributed by atoms with Gasteiger partial charge < -0.3 is 5.11 Å². The number of benzene rings is 1. The number of aliphatic hydroxyl groups excluding tert-OH is 1. The quantitative estimate of drug-likeness (QED) is 0.831. The number of rotatable bonds is 7. The van der Waals surface area contributed by atoms with E-state index in [0.29, 0.717) is 0 Å². The Morgan fingerprint density at radius 1 is 1.26 bits per heavy atom. The van der Waals surface area contributed by atoms with Crippen molar-refractivity contribution < 1.29 is 5.11 Å². The van der Waals surface area contributed by atoms with E-state index in [4.69, 9.17) is 0 Å². The Morgan fingerprint density at radius 3 is 2.79 bits per heavy atom. The van der Waals surface area contributed by atoms with Gasteiger partial charge in [-0.05, 0) is 24.8 Å². The molecule has 102 valence electrons. The fourth-order valence-electron chi connectivity index (χ4n) is 2.18. The van der Waals surface area contributed by atoms with Crippen LogP contribution in [0.4, 0.5) is 0 Å². The third-order valence-electron chi connectivity index (χ3n) is 3.19. The minimum atomic E-state index is -0.385. The summed E-state index contributed by atoms with van der Waals surface area (Å²) in [6.45, 7) is 3.04. The molecule has 2 rings (SSSR count). The lowest BCUT2D eigenvalue weighted by atomic mass is 10.0. The summed E-state index contributed by atoms with van der Waals surface area (Å²) in [7, 11) is 0. The maximum atomic E-state index is 10.1. The zero-order valence-electron chi connectivity index (χ0n) is 11.4. The highest BCUT2D eigenvalue weighted by atomic mass is 16.3. The van der Waals surface area contributed by atoms with Gasteiger partial charge in [-0.2, -0.15) is 5.10 Å². The van der Waals surface area contributed by atoms with Crippen LogP contribution in [0.5, 0.6) is 0 Å². The number of aromatic nitrogens is 3. The van der Waals surface area contributed by atoms with Gasteiger partial charge in [0.25, 0.3) is 0 Å². The summed E-state index contributed by atoms with van der Waals surface area (Å²) in [4.78, 5) is 4.27. The molecule has 0 saturated heterocycles. The number of aryl methyl sites for hydroxylation is 2. The average Bonchev–Trinajstić information content (AvgIpc) is 2.88. The Bertz CT molecular complexity index is 481. The van der Waals surface area contributed by atoms with Gasteiger partial charge in [0, 0.05) is 13.0 Å². The van der Waals surface area contributed by atoms with E-state index in [2.05, 4.69) is 17.0 Å². The molecule has 1 aromatic carbocycles. The molecule has 19 heavy (non-hydrogen) atoms. The van der Waals surface area contributed by atoms with Crippen molar-refractivity contribution in [3.8, 4) is 0 Å². The highest BCUT2D eigenvalue weighted by Gasteiger charge is 2.08. The molecule has 0 aliphatic heterocycles. The van der Waals surface area contributed by atoms with Crippen molar-refractivity contribution in [2.75, 3.05) is 0 Å². The van der Waals surface area contributed by atoms with Gasteiger partial charge in [0.15, 0.2) is 0 Å². The monoisotopic (exact) mass is 259 g/mol. The van der Waals surface area contributed by atoms with Crippen LogP contribution in [-0.2, 0) is 13.0 Å². The molecule has 2 aromatic rings. The Morgan fingerprint density at radius 2 is 2.05 bits per heavy atom. The lowest BCUT2D eigenvalue weighted by Gasteiger charge is -2.10. The molecule has 1 N–H and O–H groups in total. The summed E-state index contributed by atoms with van der Waals surface area (Å²) in [5, 5.41) is 14.3. The van der Waals surface area contributed by atoms with Crippen molar-refractivity contribution in [1.29, 1.82) is 0 Å². The first-order valence-corrected chi connectivity index (χ1v) is 6.91. The van der Waals surface area contributed by atoms with E-state index >= 15 is 0 Å². The first-order valence-electron chi connectivity index (χ1n) is 6.91. The first-order chi connectivity index (χ1) is 9.31. The van der Waals surface area contributed by atoms with Crippen LogP contribution in [0.25, 0.3) is 0 Å². The summed E-state index contributed by atoms with van der Waals surface area (Å²) < 4.78 is 1.95. The molecule has 0 aliphatic rings. The van der Waals surface area contributed by atoms with Crippen LogP contribution >= 0.6 is 0 Å². The molecule has 0 bridgehead atoms. The Kier molecular flexibility index (Phi) is 5.10. The average molecular weight is 259 g/mol. The summed E-state index contributed by atoms with van der Waals surface area (Å²) in [6.07, 6.45) is 4.82. The molecule has 0 aliphatic carbocycles. The third kappa shape index (κ3) is 3.89. The van der Waals surface area contributed by atoms with Gasteiger partial charge >= 0.3 is 0 Å². The smallest absolute Gasteiger partial charge is 0.138 e. The first kappa shape index (κ1) is 13.7. The molecule has 0 fully saturated rings. The lowest BCUT2D eigenvalue weighted by Crippen LogP contribution is -2.06. The van der Waals surface area contributed by atoms with E-state index in [1.165, 1.54) is 0 Å². The summed E-state index contributed by atoms with van der Waals surface area (Å²) in [5.74, 6) is 1.02. The SMILES string of the molecule is CCCn1ncnc1CCCC(O)c1ccccc1. The number of aliphatic hydroxyl groups is 1. The maximum Gasteiger partial charge on any atom is 0.138 e. The van der Waals surface area contributed by atoms with Crippen LogP contribution in [0, 0.1) is 0 Å². The van der Waals surface area contributed by atoms with Gasteiger partial charge in [0.2, 0.25) is 0 Å². The van der Waals surface area contributed by atoms with Crippen molar-refractivity contribution >= 4 is 0 Å². The predicted octanol–water partition coefficient (Wildman–Crippen LogP) is 2.74. The maximum absolute atomic E-state index is 10.1. The van der Waals surface area contributed by atoms with Crippen LogP contribution in [0.15, 0.2) is 36.7 Å². The predicted molar refractivity (Wildman–Crippen MR) is 74.7 cm³/mol. The van der Waals surface area contributed by atoms with Crippen molar-refractivity contribution in [3.63, 3.8) is 0 Å². The second kappa shape index (κ2) is 7.04. The van der Waals surface area contributed by atoms with Crippen molar-refractivity contribution in [1.82, 2.24) is 14.8 Å². The molecule has 1 heterocycles. The lowest BCUT2D eigenvalue weighted by molar-refractivity contribution is 0.164. The number of hydrogen-bond donors (Lipinski definition) is 1. The molecule has 4 nitrogen and oxygen atoms in total. The fourth-order valence-corrected chi connectivity index (χ4v) is 2.18. The molecule has 0 radical (unpaired) electrons. The molecule has 0 saturated carbocycles. The van der Waals surface area contributed by atoms with E-state index < -0.39 is 0 Å². The molecule has 4 heteroatoms. The van der Waals surface area contributed by atoms with Gasteiger partial charge in [0.05, 0.1) is 6.10 Å². The zero-order chi connectivity index (χ0) is 13.5. The summed E-state index contributed by atoms with van der Waals surface area (Å²) >= 11 is 0. The number of hydrogen-bond acceptors (Lipinski definition) is 3. The highest BCUT2D eigenvalue weighted by Crippen LogP contribution is 2.18. The number of nitrogens with zero attached hydrogens (tertiary/aromatic N) is 3. The Hall–Kier alpha value is -1.68. The van der Waals surface area contributed by atoms with Gasteiger partial charge in [0.1, 0.15) is 12.2 Å². The van der Waals surface area contributed by atoms with Gasteiger partial charge in [-0.15, -0.1) is 0 Å². The highest BCUT2D eigenvalue weighted by molar-refractivity contribution is 5.17. The van der Waals surface area contributed by atoms with Crippen molar-refractivity contribution in [2.45, 2.75) is 45.3 Å². The van der Waals surface area contributed by atoms with Crippen molar-refractivity contribution in [3.05, 3.63) is 48.0 Å². The van der Waals surface area contributed by atoms with E-state index in [9.17, 15) is 5.11 Å². The third-order valence-corrected chi connectivity index (χ3v) is 3.19. The minimum Gasteiger partial charge on any atom is -0.388 e. The van der Waals surface area contributed by atoms with Crippen LogP contribution in [0.3, 0.4) is 0 Å². The Balaban J connectivity index is 1.81. The van der Waals surface area contributed by atoms with E-state index in [0.717, 1.165) is 43.6 Å². The van der Waals surface area contributed by atoms with Crippen molar-refractivity contribution in [2.24, 2.45) is 0 Å². The zero-order valence-corrected chi connectivity index (χ0v) is 11.4. The molecule has 1 atom stereocenters. The molecular formula is C15H21N3O. The largest absolute Gasteiger partial charge is 0.388 e. The summed E-state index contributed by atoms with van der Waals surface area (Å²) in [6, 6.07) is 9.80. The second-order valence-electron chi connectivity index (χ2n) is 4.72. The molecule has 0 amide bonds. The molecule has 1 unspecified atom stereocenters. The molecule has 0 spiro atoms. The van der Waals surface area contributed by atoms with Crippen LogP contribution in [0.1, 0.15) is 43.7 Å². The van der Waals surface area contributed by atoms with Gasteiger partial charge in [-0.1, -0.05) is 37.3 Å². The topological polar surface area (TPSA) is 50.9 Å². The van der Waals surface area contributed by atoms with E-state index in [-0.39, 0.29) is 6.10 Å². The van der Waals surface area contributed by atoms with Gasteiger partial charge in [-0.3, -0.25) is 4.68 Å². The standard InChI is InChI=1S/C15H21N3O/c1-2-11-18-15(16-12-17-18)10-6-9-14(19)13-7-4-3-5-8-13/h3-5,7-8,12,14,19H,2,6,9-11H2,1H3. The van der Waals surface area contributed by atoms with Crippen LogP contribution in [0.2, 0.25) is 0 Å². The van der Waals surface area contributed by atoms with E-state index in [1.54, 1.807) is 6.33 Å². The summed E-state index contributed by atoms with van der Waals surface area (Å²) in [5.41, 5.74) is 0.984. The normalized spacial score (nSPS) is 12.5. The fraction of sp³-hybridized carbons (Fsp3) is 0.467. The second-order valence-corrected chi connectivity index (χ2v) is 4.72. The van der Waals surface area contributed by atoms with Crippen LogP contribution in [-0.4, -0.2) is 19.9 Å². The molecular weight excluding hydrogens is 238 g/mol. The molecule has 1 aromatic heterocycles. The Labute approximate surface area is 114 Å². The van der Waals surface area contributed by atoms with E-state index in [1.807, 2.05) is 35.0 Å². The van der Waals surface area contributed by atoms with Crippen LogP contribution < -0.4 is 0 Å².